The van der Waals surface area contributed by atoms with Crippen LogP contribution in [0.25, 0.3) is 0 Å². The normalized spacial score (nSPS) is 22.3. The fraction of sp³-hybridized carbons (Fsp3) is 0.409. The number of hydrogen-bond acceptors (Lipinski definition) is 8. The summed E-state index contributed by atoms with van der Waals surface area (Å²) in [7, 11) is 0. The molecule has 36 heavy (non-hydrogen) atoms. The van der Waals surface area contributed by atoms with E-state index in [-0.39, 0.29) is 36.4 Å². The van der Waals surface area contributed by atoms with Crippen molar-refractivity contribution in [2.24, 2.45) is 5.92 Å². The van der Waals surface area contributed by atoms with Gasteiger partial charge in [-0.1, -0.05) is 42.1 Å². The topological polar surface area (TPSA) is 171 Å². The summed E-state index contributed by atoms with van der Waals surface area (Å²) in [6.07, 6.45) is -0.144. The number of β-lactam (4-membered cyclic amide) rings is 1. The zero-order valence-electron chi connectivity index (χ0n) is 19.0. The molecule has 3 atom stereocenters. The molecular formula is C22H23N7O6S. The minimum absolute atomic E-state index is 0.0977. The number of carboxylic acid groups (broad SMARTS) is 2. The highest BCUT2D eigenvalue weighted by Crippen LogP contribution is 2.47. The van der Waals surface area contributed by atoms with Crippen molar-refractivity contribution in [3.05, 3.63) is 47.2 Å². The van der Waals surface area contributed by atoms with Gasteiger partial charge in [0.05, 0.1) is 6.04 Å². The van der Waals surface area contributed by atoms with Crippen LogP contribution in [-0.2, 0) is 27.3 Å². The highest BCUT2D eigenvalue weighted by atomic mass is 32.2. The first-order valence-electron chi connectivity index (χ1n) is 11.3. The minimum atomic E-state index is -1.23. The van der Waals surface area contributed by atoms with Crippen molar-refractivity contribution in [1.82, 2.24) is 35.3 Å². The number of carbonyl (C=O) groups excluding carboxylic acids is 2. The lowest BCUT2D eigenvalue weighted by Crippen LogP contribution is -2.69. The quantitative estimate of drug-likeness (QED) is 0.307. The van der Waals surface area contributed by atoms with Crippen molar-refractivity contribution < 1.29 is 29.4 Å². The smallest absolute Gasteiger partial charge is 0.408 e. The number of rotatable bonds is 9. The number of carbonyl (C=O) groups is 4. The SMILES string of the molecule is O=C(Cn1nnnc1SCC1=C(C(=O)O)N2C(=O)[C@@H]3[C@H]2[C@H](C1)CN3C(=O)O)NCCc1ccccc1. The number of carboxylic acids is 1. The average Bonchev–Trinajstić information content (AvgIpc) is 3.45. The molecule has 5 rings (SSSR count). The number of aliphatic carboxylic acids is 1. The lowest BCUT2D eigenvalue weighted by Gasteiger charge is -2.49. The first-order valence-corrected chi connectivity index (χ1v) is 12.3. The Balaban J connectivity index is 1.22. The first-order chi connectivity index (χ1) is 17.3. The highest BCUT2D eigenvalue weighted by molar-refractivity contribution is 7.99. The number of benzene rings is 1. The highest BCUT2D eigenvalue weighted by Gasteiger charge is 2.64. The van der Waals surface area contributed by atoms with Crippen LogP contribution in [0.2, 0.25) is 0 Å². The van der Waals surface area contributed by atoms with Crippen molar-refractivity contribution in [1.29, 1.82) is 0 Å². The number of aromatic nitrogens is 4. The molecule has 0 bridgehead atoms. The molecule has 4 heterocycles. The van der Waals surface area contributed by atoms with Crippen molar-refractivity contribution in [3.63, 3.8) is 0 Å². The van der Waals surface area contributed by atoms with Crippen molar-refractivity contribution >= 4 is 35.6 Å². The predicted octanol–water partition coefficient (Wildman–Crippen LogP) is 0.0557. The van der Waals surface area contributed by atoms with Crippen molar-refractivity contribution in [2.75, 3.05) is 18.8 Å². The van der Waals surface area contributed by atoms with E-state index in [2.05, 4.69) is 20.8 Å². The summed E-state index contributed by atoms with van der Waals surface area (Å²) in [5, 5.41) is 33.8. The molecule has 3 N–H and O–H groups in total. The zero-order valence-corrected chi connectivity index (χ0v) is 19.8. The van der Waals surface area contributed by atoms with Crippen LogP contribution < -0.4 is 5.32 Å². The fourth-order valence-corrected chi connectivity index (χ4v) is 6.00. The van der Waals surface area contributed by atoms with E-state index in [0.717, 1.165) is 22.2 Å². The molecule has 2 aromatic rings. The monoisotopic (exact) mass is 513 g/mol. The summed E-state index contributed by atoms with van der Waals surface area (Å²) >= 11 is 1.16. The molecule has 0 spiro atoms. The van der Waals surface area contributed by atoms with Gasteiger partial charge in [0.15, 0.2) is 0 Å². The lowest BCUT2D eigenvalue weighted by molar-refractivity contribution is -0.156. The van der Waals surface area contributed by atoms with Gasteiger partial charge >= 0.3 is 12.1 Å². The Morgan fingerprint density at radius 3 is 2.67 bits per heavy atom. The third-order valence-corrected chi connectivity index (χ3v) is 7.68. The van der Waals surface area contributed by atoms with Crippen LogP contribution in [0, 0.1) is 5.92 Å². The predicted molar refractivity (Wildman–Crippen MR) is 124 cm³/mol. The number of hydrogen-bond donors (Lipinski definition) is 3. The van der Waals surface area contributed by atoms with Crippen LogP contribution in [0.4, 0.5) is 4.79 Å². The van der Waals surface area contributed by atoms with Crippen LogP contribution in [0.1, 0.15) is 12.0 Å². The van der Waals surface area contributed by atoms with Crippen LogP contribution in [0.5, 0.6) is 0 Å². The van der Waals surface area contributed by atoms with E-state index in [1.54, 1.807) is 0 Å². The third-order valence-electron chi connectivity index (χ3n) is 6.64. The van der Waals surface area contributed by atoms with E-state index in [0.29, 0.717) is 30.1 Å². The molecule has 3 aliphatic heterocycles. The Kier molecular flexibility index (Phi) is 6.35. The number of nitrogens with one attached hydrogen (secondary N) is 1. The average molecular weight is 514 g/mol. The molecule has 0 unspecified atom stereocenters. The number of tetrazole rings is 1. The molecule has 0 saturated carbocycles. The van der Waals surface area contributed by atoms with E-state index in [4.69, 9.17) is 0 Å². The largest absolute Gasteiger partial charge is 0.477 e. The lowest BCUT2D eigenvalue weighted by atomic mass is 9.79. The van der Waals surface area contributed by atoms with E-state index in [1.807, 2.05) is 30.3 Å². The summed E-state index contributed by atoms with van der Waals surface area (Å²) in [5.41, 5.74) is 1.51. The van der Waals surface area contributed by atoms with Gasteiger partial charge in [-0.3, -0.25) is 19.4 Å². The van der Waals surface area contributed by atoms with Gasteiger partial charge in [0, 0.05) is 24.8 Å². The maximum absolute atomic E-state index is 12.6. The van der Waals surface area contributed by atoms with Gasteiger partial charge in [-0.05, 0) is 34.4 Å². The molecule has 0 radical (unpaired) electrons. The summed E-state index contributed by atoms with van der Waals surface area (Å²) in [6, 6.07) is 8.50. The summed E-state index contributed by atoms with van der Waals surface area (Å²) in [6.45, 7) is 0.539. The fourth-order valence-electron chi connectivity index (χ4n) is 5.10. The molecule has 3 amide bonds. The van der Waals surface area contributed by atoms with Gasteiger partial charge in [-0.25, -0.2) is 14.3 Å². The molecule has 3 aliphatic rings. The minimum Gasteiger partial charge on any atom is -0.477 e. The van der Waals surface area contributed by atoms with Crippen molar-refractivity contribution in [3.8, 4) is 0 Å². The zero-order chi connectivity index (χ0) is 25.4. The van der Waals surface area contributed by atoms with Gasteiger partial charge in [0.2, 0.25) is 11.1 Å². The van der Waals surface area contributed by atoms with Crippen LogP contribution in [-0.4, -0.2) is 95.0 Å². The molecule has 13 nitrogen and oxygen atoms in total. The van der Waals surface area contributed by atoms with Gasteiger partial charge in [-0.2, -0.15) is 0 Å². The first kappa shape index (κ1) is 23.8. The van der Waals surface area contributed by atoms with E-state index < -0.39 is 30.1 Å². The molecule has 2 saturated heterocycles. The van der Waals surface area contributed by atoms with E-state index in [1.165, 1.54) is 9.58 Å². The second-order valence-corrected chi connectivity index (χ2v) is 9.74. The standard InChI is InChI=1S/C22H23N7O6S/c30-15(23-7-6-12-4-2-1-3-5-12)10-28-21(24-25-26-28)36-11-14-8-13-9-27(22(34)35)18-16(13)29(19(18)31)17(14)20(32)33/h1-5,13,16,18H,6-11H2,(H,23,30)(H,32,33)(H,34,35)/t13-,16-,18+/m1/s1. The molecule has 2 fully saturated rings. The maximum Gasteiger partial charge on any atom is 0.408 e. The molecule has 0 aliphatic carbocycles. The van der Waals surface area contributed by atoms with Crippen molar-refractivity contribution in [2.45, 2.75) is 36.6 Å². The molecule has 1 aromatic heterocycles. The Morgan fingerprint density at radius 2 is 1.94 bits per heavy atom. The number of nitrogens with zero attached hydrogens (tertiary/aromatic N) is 6. The Morgan fingerprint density at radius 1 is 1.17 bits per heavy atom. The summed E-state index contributed by atoms with van der Waals surface area (Å²) in [4.78, 5) is 50.9. The number of amides is 3. The number of thioether (sulfide) groups is 1. The van der Waals surface area contributed by atoms with E-state index >= 15 is 0 Å². The van der Waals surface area contributed by atoms with Gasteiger partial charge in [-0.15, -0.1) is 5.10 Å². The van der Waals surface area contributed by atoms with E-state index in [9.17, 15) is 29.4 Å². The summed E-state index contributed by atoms with van der Waals surface area (Å²) in [5.74, 6) is -2.00. The maximum atomic E-state index is 12.6. The number of likely N-dealkylation sites (tertiary alicyclic amines) is 1. The third kappa shape index (κ3) is 4.27. The van der Waals surface area contributed by atoms with Crippen LogP contribution in [0.3, 0.4) is 0 Å². The second-order valence-electron chi connectivity index (χ2n) is 8.79. The molecular weight excluding hydrogens is 490 g/mol. The Labute approximate surface area is 209 Å². The Hall–Kier alpha value is -3.94. The molecule has 1 aromatic carbocycles. The Bertz CT molecular complexity index is 1250. The molecule has 188 valence electrons. The van der Waals surface area contributed by atoms with Crippen LogP contribution in [0.15, 0.2) is 46.8 Å². The second kappa shape index (κ2) is 9.60. The van der Waals surface area contributed by atoms with Crippen LogP contribution >= 0.6 is 11.8 Å². The van der Waals surface area contributed by atoms with Gasteiger partial charge in [0.1, 0.15) is 18.3 Å². The van der Waals surface area contributed by atoms with Gasteiger partial charge < -0.3 is 15.5 Å². The molecule has 14 heteroatoms. The van der Waals surface area contributed by atoms with Gasteiger partial charge in [0.25, 0.3) is 5.91 Å². The summed E-state index contributed by atoms with van der Waals surface area (Å²) < 4.78 is 1.34.